The van der Waals surface area contributed by atoms with E-state index in [1.807, 2.05) is 6.07 Å². The highest BCUT2D eigenvalue weighted by molar-refractivity contribution is 5.93. The molecule has 1 saturated heterocycles. The van der Waals surface area contributed by atoms with Crippen molar-refractivity contribution < 1.29 is 23.9 Å². The number of rotatable bonds is 6. The monoisotopic (exact) mass is 450 g/mol. The first-order chi connectivity index (χ1) is 15.6. The molecule has 0 unspecified atom stereocenters. The largest absolute Gasteiger partial charge is 0.444 e. The van der Waals surface area contributed by atoms with Crippen LogP contribution in [0.3, 0.4) is 0 Å². The number of nitrogens with zero attached hydrogens (tertiary/aromatic N) is 3. The van der Waals surface area contributed by atoms with Crippen molar-refractivity contribution in [2.75, 3.05) is 13.1 Å². The standard InChI is InChI=1S/C24H26N4O5/c1-24(2,3)33-23(31)27-20(22(30)28-12-10-18(29)15-28)13-16-6-8-19(9-7-16)32-21-17(14-25)5-4-11-26-21/h4-9,11,20H,10,12-13,15H2,1-3H3,(H,27,31)/t20-/m0/s1. The third kappa shape index (κ3) is 6.77. The van der Waals surface area contributed by atoms with Crippen LogP contribution < -0.4 is 10.1 Å². The molecule has 33 heavy (non-hydrogen) atoms. The van der Waals surface area contributed by atoms with Gasteiger partial charge in [-0.2, -0.15) is 5.26 Å². The second kappa shape index (κ2) is 10.1. The summed E-state index contributed by atoms with van der Waals surface area (Å²) in [6.07, 6.45) is 1.35. The van der Waals surface area contributed by atoms with Crippen molar-refractivity contribution in [2.24, 2.45) is 0 Å². The fourth-order valence-corrected chi connectivity index (χ4v) is 3.29. The van der Waals surface area contributed by atoms with Gasteiger partial charge in [0.2, 0.25) is 11.8 Å². The zero-order valence-electron chi connectivity index (χ0n) is 18.8. The fourth-order valence-electron chi connectivity index (χ4n) is 3.29. The lowest BCUT2D eigenvalue weighted by atomic mass is 10.0. The van der Waals surface area contributed by atoms with Crippen LogP contribution in [0.1, 0.15) is 38.3 Å². The smallest absolute Gasteiger partial charge is 0.408 e. The third-order valence-corrected chi connectivity index (χ3v) is 4.80. The maximum Gasteiger partial charge on any atom is 0.408 e. The summed E-state index contributed by atoms with van der Waals surface area (Å²) < 4.78 is 11.0. The highest BCUT2D eigenvalue weighted by atomic mass is 16.6. The SMILES string of the molecule is CC(C)(C)OC(=O)N[C@@H](Cc1ccc(Oc2ncccc2C#N)cc1)C(=O)N1CCC(=O)C1. The van der Waals surface area contributed by atoms with Crippen LogP contribution in [0.2, 0.25) is 0 Å². The van der Waals surface area contributed by atoms with E-state index in [2.05, 4.69) is 10.3 Å². The number of aromatic nitrogens is 1. The normalized spacial score (nSPS) is 14.4. The summed E-state index contributed by atoms with van der Waals surface area (Å²) in [6, 6.07) is 11.3. The average molecular weight is 450 g/mol. The summed E-state index contributed by atoms with van der Waals surface area (Å²) in [4.78, 5) is 42.5. The van der Waals surface area contributed by atoms with Gasteiger partial charge in [-0.3, -0.25) is 9.59 Å². The zero-order chi connectivity index (χ0) is 24.0. The van der Waals surface area contributed by atoms with Crippen LogP contribution in [-0.2, 0) is 20.7 Å². The van der Waals surface area contributed by atoms with Crippen molar-refractivity contribution in [3.05, 3.63) is 53.7 Å². The number of carbonyl (C=O) groups is 3. The minimum atomic E-state index is -0.890. The van der Waals surface area contributed by atoms with Gasteiger partial charge >= 0.3 is 6.09 Å². The molecule has 2 amide bonds. The highest BCUT2D eigenvalue weighted by Crippen LogP contribution is 2.23. The number of benzene rings is 1. The number of pyridine rings is 1. The number of amides is 2. The predicted molar refractivity (Wildman–Crippen MR) is 119 cm³/mol. The van der Waals surface area contributed by atoms with Gasteiger partial charge in [0.1, 0.15) is 29.0 Å². The van der Waals surface area contributed by atoms with Gasteiger partial charge in [-0.15, -0.1) is 0 Å². The Balaban J connectivity index is 1.73. The summed E-state index contributed by atoms with van der Waals surface area (Å²) >= 11 is 0. The molecule has 9 heteroatoms. The van der Waals surface area contributed by atoms with E-state index in [0.717, 1.165) is 5.56 Å². The van der Waals surface area contributed by atoms with Gasteiger partial charge in [0.15, 0.2) is 5.78 Å². The van der Waals surface area contributed by atoms with Crippen LogP contribution >= 0.6 is 0 Å². The Kier molecular flexibility index (Phi) is 7.28. The van der Waals surface area contributed by atoms with Gasteiger partial charge in [-0.05, 0) is 50.6 Å². The number of nitrogens with one attached hydrogen (secondary N) is 1. The topological polar surface area (TPSA) is 122 Å². The first kappa shape index (κ1) is 23.7. The van der Waals surface area contributed by atoms with Gasteiger partial charge < -0.3 is 19.7 Å². The second-order valence-corrected chi connectivity index (χ2v) is 8.67. The summed E-state index contributed by atoms with van der Waals surface area (Å²) in [5.41, 5.74) is 0.367. The Morgan fingerprint density at radius 3 is 2.58 bits per heavy atom. The number of Topliss-reactive ketones (excluding diaryl/α,β-unsaturated/α-hetero) is 1. The van der Waals surface area contributed by atoms with Crippen molar-refractivity contribution in [3.63, 3.8) is 0 Å². The lowest BCUT2D eigenvalue weighted by Gasteiger charge is -2.26. The maximum atomic E-state index is 13.0. The minimum Gasteiger partial charge on any atom is -0.444 e. The molecule has 3 rings (SSSR count). The molecule has 1 fully saturated rings. The van der Waals surface area contributed by atoms with E-state index in [-0.39, 0.29) is 30.5 Å². The van der Waals surface area contributed by atoms with Crippen LogP contribution in [0.25, 0.3) is 0 Å². The minimum absolute atomic E-state index is 0.00729. The number of carbonyl (C=O) groups excluding carboxylic acids is 3. The number of nitriles is 1. The molecule has 0 radical (unpaired) electrons. The molecular weight excluding hydrogens is 424 g/mol. The fraction of sp³-hybridized carbons (Fsp3) is 0.375. The molecule has 1 atom stereocenters. The quantitative estimate of drug-likeness (QED) is 0.718. The maximum absolute atomic E-state index is 13.0. The first-order valence-corrected chi connectivity index (χ1v) is 10.6. The van der Waals surface area contributed by atoms with Crippen LogP contribution in [0.15, 0.2) is 42.6 Å². The van der Waals surface area contributed by atoms with Gasteiger partial charge in [0.25, 0.3) is 0 Å². The lowest BCUT2D eigenvalue weighted by Crippen LogP contribution is -2.50. The highest BCUT2D eigenvalue weighted by Gasteiger charge is 2.32. The Labute approximate surface area is 192 Å². The third-order valence-electron chi connectivity index (χ3n) is 4.80. The van der Waals surface area contributed by atoms with Gasteiger partial charge in [0.05, 0.1) is 6.54 Å². The molecule has 2 aromatic rings. The summed E-state index contributed by atoms with van der Waals surface area (Å²) in [5.74, 6) is 0.333. The predicted octanol–water partition coefficient (Wildman–Crippen LogP) is 2.98. The number of hydrogen-bond acceptors (Lipinski definition) is 7. The molecule has 1 aliphatic rings. The molecule has 2 heterocycles. The first-order valence-electron chi connectivity index (χ1n) is 10.6. The van der Waals surface area contributed by atoms with Crippen LogP contribution in [0.4, 0.5) is 4.79 Å². The Bertz CT molecular complexity index is 1070. The molecule has 1 aromatic carbocycles. The summed E-state index contributed by atoms with van der Waals surface area (Å²) in [6.45, 7) is 5.59. The molecule has 1 N–H and O–H groups in total. The van der Waals surface area contributed by atoms with E-state index < -0.39 is 17.7 Å². The van der Waals surface area contributed by atoms with Crippen molar-refractivity contribution in [2.45, 2.75) is 45.3 Å². The molecule has 0 aliphatic carbocycles. The van der Waals surface area contributed by atoms with Crippen molar-refractivity contribution >= 4 is 17.8 Å². The average Bonchev–Trinajstić information content (AvgIpc) is 3.19. The molecular formula is C24H26N4O5. The number of hydrogen-bond donors (Lipinski definition) is 1. The van der Waals surface area contributed by atoms with Crippen molar-refractivity contribution in [1.29, 1.82) is 5.26 Å². The summed E-state index contributed by atoms with van der Waals surface area (Å²) in [7, 11) is 0. The van der Waals surface area contributed by atoms with E-state index >= 15 is 0 Å². The Hall–Kier alpha value is -3.93. The van der Waals surface area contributed by atoms with Crippen LogP contribution in [0, 0.1) is 11.3 Å². The Morgan fingerprint density at radius 1 is 1.24 bits per heavy atom. The van der Waals surface area contributed by atoms with Crippen LogP contribution in [-0.4, -0.2) is 52.4 Å². The summed E-state index contributed by atoms with van der Waals surface area (Å²) in [5, 5.41) is 11.8. The van der Waals surface area contributed by atoms with E-state index in [4.69, 9.17) is 14.7 Å². The van der Waals surface area contributed by atoms with Gasteiger partial charge in [0, 0.05) is 25.6 Å². The number of ketones is 1. The number of ether oxygens (including phenoxy) is 2. The molecule has 172 valence electrons. The second-order valence-electron chi connectivity index (χ2n) is 8.67. The Morgan fingerprint density at radius 2 is 1.97 bits per heavy atom. The van der Waals surface area contributed by atoms with Gasteiger partial charge in [-0.1, -0.05) is 12.1 Å². The van der Waals surface area contributed by atoms with Crippen molar-refractivity contribution in [1.82, 2.24) is 15.2 Å². The molecule has 0 bridgehead atoms. The number of likely N-dealkylation sites (tertiary alicyclic amines) is 1. The molecule has 0 saturated carbocycles. The molecule has 1 aromatic heterocycles. The van der Waals surface area contributed by atoms with Gasteiger partial charge in [-0.25, -0.2) is 9.78 Å². The molecule has 9 nitrogen and oxygen atoms in total. The van der Waals surface area contributed by atoms with E-state index in [1.54, 1.807) is 57.2 Å². The zero-order valence-corrected chi connectivity index (χ0v) is 18.8. The van der Waals surface area contributed by atoms with Crippen LogP contribution in [0.5, 0.6) is 11.6 Å². The number of alkyl carbamates (subject to hydrolysis) is 1. The van der Waals surface area contributed by atoms with Crippen molar-refractivity contribution in [3.8, 4) is 17.7 Å². The molecule has 0 spiro atoms. The van der Waals surface area contributed by atoms with E-state index in [0.29, 0.717) is 24.3 Å². The molecule has 1 aliphatic heterocycles. The van der Waals surface area contributed by atoms with E-state index in [1.165, 1.54) is 11.1 Å². The lowest BCUT2D eigenvalue weighted by molar-refractivity contribution is -0.133. The van der Waals surface area contributed by atoms with E-state index in [9.17, 15) is 14.4 Å².